The first kappa shape index (κ1) is 14.1. The van der Waals surface area contributed by atoms with E-state index >= 15 is 0 Å². The standard InChI is InChI=1S/C12H10N6O3S/c1-7-6-22-11(15-7)16-9(19)5-18-10(17-21-12(18)20)8-4-13-2-3-14-8/h2-4,6H,5H2,1H3,(H,15,16,19). The lowest BCUT2D eigenvalue weighted by molar-refractivity contribution is -0.116. The monoisotopic (exact) mass is 318 g/mol. The van der Waals surface area contributed by atoms with Crippen molar-refractivity contribution >= 4 is 22.4 Å². The SMILES string of the molecule is Cc1csc(NC(=O)Cn2c(-c3cnccn3)noc2=O)n1. The van der Waals surface area contributed by atoms with E-state index in [-0.39, 0.29) is 12.4 Å². The summed E-state index contributed by atoms with van der Waals surface area (Å²) >= 11 is 1.30. The van der Waals surface area contributed by atoms with Crippen LogP contribution in [0.5, 0.6) is 0 Å². The Kier molecular flexibility index (Phi) is 3.74. The molecule has 3 aromatic heterocycles. The molecule has 10 heteroatoms. The van der Waals surface area contributed by atoms with E-state index in [1.807, 2.05) is 12.3 Å². The van der Waals surface area contributed by atoms with E-state index in [4.69, 9.17) is 0 Å². The molecule has 0 spiro atoms. The highest BCUT2D eigenvalue weighted by molar-refractivity contribution is 7.13. The lowest BCUT2D eigenvalue weighted by Crippen LogP contribution is -2.25. The number of nitrogens with zero attached hydrogens (tertiary/aromatic N) is 5. The molecule has 1 amide bonds. The molecule has 0 aliphatic carbocycles. The van der Waals surface area contributed by atoms with Gasteiger partial charge in [0.2, 0.25) is 11.7 Å². The second-order valence-electron chi connectivity index (χ2n) is 4.29. The summed E-state index contributed by atoms with van der Waals surface area (Å²) in [5, 5.41) is 8.52. The van der Waals surface area contributed by atoms with Crippen LogP contribution >= 0.6 is 11.3 Å². The number of hydrogen-bond donors (Lipinski definition) is 1. The van der Waals surface area contributed by atoms with Crippen LogP contribution in [-0.4, -0.2) is 30.6 Å². The second kappa shape index (κ2) is 5.85. The van der Waals surface area contributed by atoms with Gasteiger partial charge in [-0.1, -0.05) is 5.16 Å². The molecule has 3 aromatic rings. The first-order valence-electron chi connectivity index (χ1n) is 6.18. The van der Waals surface area contributed by atoms with Crippen LogP contribution in [0.25, 0.3) is 11.5 Å². The molecule has 0 atom stereocenters. The van der Waals surface area contributed by atoms with Crippen molar-refractivity contribution in [1.29, 1.82) is 0 Å². The number of thiazole rings is 1. The van der Waals surface area contributed by atoms with Gasteiger partial charge >= 0.3 is 5.76 Å². The topological polar surface area (TPSA) is 116 Å². The van der Waals surface area contributed by atoms with Crippen LogP contribution in [0.1, 0.15) is 5.69 Å². The Labute approximate surface area is 127 Å². The van der Waals surface area contributed by atoms with E-state index in [1.54, 1.807) is 0 Å². The molecule has 1 N–H and O–H groups in total. The summed E-state index contributed by atoms with van der Waals surface area (Å²) in [6, 6.07) is 0. The molecule has 0 saturated heterocycles. The Bertz CT molecular complexity index is 853. The third-order valence-electron chi connectivity index (χ3n) is 2.65. The van der Waals surface area contributed by atoms with Crippen LogP contribution in [-0.2, 0) is 11.3 Å². The van der Waals surface area contributed by atoms with E-state index in [1.165, 1.54) is 29.9 Å². The fourth-order valence-electron chi connectivity index (χ4n) is 1.72. The molecule has 3 rings (SSSR count). The molecule has 3 heterocycles. The lowest BCUT2D eigenvalue weighted by atomic mass is 10.4. The molecular formula is C12H10N6O3S. The van der Waals surface area contributed by atoms with Gasteiger partial charge in [-0.05, 0) is 6.92 Å². The molecule has 0 saturated carbocycles. The van der Waals surface area contributed by atoms with Crippen molar-refractivity contribution in [1.82, 2.24) is 24.7 Å². The molecule has 9 nitrogen and oxygen atoms in total. The smallest absolute Gasteiger partial charge is 0.300 e. The highest BCUT2D eigenvalue weighted by Crippen LogP contribution is 2.15. The number of anilines is 1. The predicted molar refractivity (Wildman–Crippen MR) is 77.3 cm³/mol. The van der Waals surface area contributed by atoms with E-state index in [9.17, 15) is 9.59 Å². The highest BCUT2D eigenvalue weighted by atomic mass is 32.1. The van der Waals surface area contributed by atoms with E-state index in [0.29, 0.717) is 10.8 Å². The maximum Gasteiger partial charge on any atom is 0.442 e. The summed E-state index contributed by atoms with van der Waals surface area (Å²) in [5.41, 5.74) is 1.15. The molecular weight excluding hydrogens is 308 g/mol. The first-order chi connectivity index (χ1) is 10.6. The van der Waals surface area contributed by atoms with Gasteiger partial charge < -0.3 is 5.32 Å². The summed E-state index contributed by atoms with van der Waals surface area (Å²) in [4.78, 5) is 35.8. The third-order valence-corrected chi connectivity index (χ3v) is 3.52. The summed E-state index contributed by atoms with van der Waals surface area (Å²) in [6.07, 6.45) is 4.37. The summed E-state index contributed by atoms with van der Waals surface area (Å²) in [6.45, 7) is 1.57. The number of carbonyl (C=O) groups is 1. The van der Waals surface area contributed by atoms with Crippen LogP contribution in [0.2, 0.25) is 0 Å². The number of aromatic nitrogens is 5. The van der Waals surface area contributed by atoms with Gasteiger partial charge in [0.05, 0.1) is 11.9 Å². The van der Waals surface area contributed by atoms with Crippen molar-refractivity contribution in [3.63, 3.8) is 0 Å². The van der Waals surface area contributed by atoms with Gasteiger partial charge in [0.25, 0.3) is 0 Å². The number of aryl methyl sites for hydroxylation is 1. The number of nitrogens with one attached hydrogen (secondary N) is 1. The molecule has 0 aromatic carbocycles. The zero-order valence-electron chi connectivity index (χ0n) is 11.4. The fourth-order valence-corrected chi connectivity index (χ4v) is 2.42. The Balaban J connectivity index is 1.82. The van der Waals surface area contributed by atoms with Gasteiger partial charge in [0, 0.05) is 17.8 Å². The number of rotatable bonds is 4. The summed E-state index contributed by atoms with van der Waals surface area (Å²) in [5.74, 6) is -1.01. The minimum Gasteiger partial charge on any atom is -0.300 e. The minimum absolute atomic E-state index is 0.142. The van der Waals surface area contributed by atoms with E-state index < -0.39 is 11.7 Å². The lowest BCUT2D eigenvalue weighted by Gasteiger charge is -2.03. The molecule has 112 valence electrons. The van der Waals surface area contributed by atoms with Gasteiger partial charge in [-0.2, -0.15) is 0 Å². The molecule has 0 aliphatic heterocycles. The van der Waals surface area contributed by atoms with Crippen molar-refractivity contribution in [3.05, 3.63) is 40.2 Å². The van der Waals surface area contributed by atoms with Crippen molar-refractivity contribution in [2.75, 3.05) is 5.32 Å². The van der Waals surface area contributed by atoms with Crippen LogP contribution in [0, 0.1) is 6.92 Å². The molecule has 0 radical (unpaired) electrons. The fraction of sp³-hybridized carbons (Fsp3) is 0.167. The van der Waals surface area contributed by atoms with Crippen LogP contribution < -0.4 is 11.1 Å². The average Bonchev–Trinajstić information content (AvgIpc) is 3.07. The number of carbonyl (C=O) groups excluding carboxylic acids is 1. The second-order valence-corrected chi connectivity index (χ2v) is 5.15. The van der Waals surface area contributed by atoms with Gasteiger partial charge in [0.1, 0.15) is 12.2 Å². The highest BCUT2D eigenvalue weighted by Gasteiger charge is 2.17. The van der Waals surface area contributed by atoms with E-state index in [2.05, 4.69) is 29.9 Å². The molecule has 0 unspecified atom stereocenters. The van der Waals surface area contributed by atoms with Crippen LogP contribution in [0.4, 0.5) is 5.13 Å². The van der Waals surface area contributed by atoms with Crippen molar-refractivity contribution < 1.29 is 9.32 Å². The minimum atomic E-state index is -0.744. The maximum atomic E-state index is 12.0. The molecule has 0 fully saturated rings. The van der Waals surface area contributed by atoms with Crippen LogP contribution in [0.15, 0.2) is 33.3 Å². The molecule has 22 heavy (non-hydrogen) atoms. The normalized spacial score (nSPS) is 10.6. The van der Waals surface area contributed by atoms with Crippen molar-refractivity contribution in [3.8, 4) is 11.5 Å². The van der Waals surface area contributed by atoms with Gasteiger partial charge in [-0.15, -0.1) is 11.3 Å². The maximum absolute atomic E-state index is 12.0. The average molecular weight is 318 g/mol. The molecule has 0 aliphatic rings. The predicted octanol–water partition coefficient (Wildman–Crippen LogP) is 0.697. The van der Waals surface area contributed by atoms with Gasteiger partial charge in [-0.3, -0.25) is 14.3 Å². The largest absolute Gasteiger partial charge is 0.442 e. The van der Waals surface area contributed by atoms with Crippen molar-refractivity contribution in [2.24, 2.45) is 0 Å². The van der Waals surface area contributed by atoms with Crippen LogP contribution in [0.3, 0.4) is 0 Å². The zero-order valence-corrected chi connectivity index (χ0v) is 12.2. The quantitative estimate of drug-likeness (QED) is 0.752. The van der Waals surface area contributed by atoms with Crippen molar-refractivity contribution in [2.45, 2.75) is 13.5 Å². The number of amides is 1. The van der Waals surface area contributed by atoms with E-state index in [0.717, 1.165) is 10.3 Å². The first-order valence-corrected chi connectivity index (χ1v) is 7.06. The van der Waals surface area contributed by atoms with Gasteiger partial charge in [-0.25, -0.2) is 19.3 Å². The Hall–Kier alpha value is -2.88. The summed E-state index contributed by atoms with van der Waals surface area (Å²) < 4.78 is 5.69. The Morgan fingerprint density at radius 3 is 3.00 bits per heavy atom. The molecule has 0 bridgehead atoms. The number of hydrogen-bond acceptors (Lipinski definition) is 8. The zero-order chi connectivity index (χ0) is 15.5. The third kappa shape index (κ3) is 2.91. The Morgan fingerprint density at radius 1 is 1.45 bits per heavy atom. The van der Waals surface area contributed by atoms with Gasteiger partial charge in [0.15, 0.2) is 5.13 Å². The summed E-state index contributed by atoms with van der Waals surface area (Å²) in [7, 11) is 0. The Morgan fingerprint density at radius 2 is 2.32 bits per heavy atom.